The molecule has 5 nitrogen and oxygen atoms in total. The van der Waals surface area contributed by atoms with Crippen molar-refractivity contribution in [3.63, 3.8) is 0 Å². The lowest BCUT2D eigenvalue weighted by Gasteiger charge is -2.41. The summed E-state index contributed by atoms with van der Waals surface area (Å²) in [6.45, 7) is 10.6. The molecule has 0 amide bonds. The van der Waals surface area contributed by atoms with E-state index in [0.29, 0.717) is 0 Å². The van der Waals surface area contributed by atoms with Crippen molar-refractivity contribution < 1.29 is 19.1 Å². The fraction of sp³-hybridized carbons (Fsp3) is 0.600. The largest absolute Gasteiger partial charge is 0.478 e. The highest BCUT2D eigenvalue weighted by atomic mass is 28.4. The predicted octanol–water partition coefficient (Wildman–Crippen LogP) is 2.86. The van der Waals surface area contributed by atoms with Crippen molar-refractivity contribution >= 4 is 14.3 Å². The first kappa shape index (κ1) is 17.6. The molecule has 116 valence electrons. The minimum atomic E-state index is -2.02. The lowest BCUT2D eigenvalue weighted by molar-refractivity contribution is -0.131. The maximum Gasteiger partial charge on any atom is 0.328 e. The molecule has 0 saturated heterocycles. The van der Waals surface area contributed by atoms with E-state index in [9.17, 15) is 4.79 Å². The van der Waals surface area contributed by atoms with E-state index in [0.717, 1.165) is 6.08 Å². The Kier molecular flexibility index (Phi) is 5.51. The van der Waals surface area contributed by atoms with Crippen LogP contribution in [0.2, 0.25) is 18.1 Å². The van der Waals surface area contributed by atoms with Crippen LogP contribution in [0.1, 0.15) is 20.8 Å². The maximum atomic E-state index is 10.7. The van der Waals surface area contributed by atoms with Gasteiger partial charge in [-0.25, -0.2) is 4.79 Å². The average Bonchev–Trinajstić information content (AvgIpc) is 2.35. The smallest absolute Gasteiger partial charge is 0.328 e. The number of carbonyl (C=O) groups is 1. The van der Waals surface area contributed by atoms with Crippen LogP contribution in [0.5, 0.6) is 0 Å². The van der Waals surface area contributed by atoms with Crippen molar-refractivity contribution in [2.24, 2.45) is 0 Å². The highest BCUT2D eigenvalue weighted by Crippen LogP contribution is 2.38. The van der Waals surface area contributed by atoms with Gasteiger partial charge in [-0.3, -0.25) is 0 Å². The molecular formula is C15H23NO4Si. The average molecular weight is 309 g/mol. The molecule has 0 unspecified atom stereocenters. The number of ether oxygens (including phenoxy) is 1. The van der Waals surface area contributed by atoms with Crippen LogP contribution in [0.15, 0.2) is 24.3 Å². The molecule has 0 aliphatic carbocycles. The summed E-state index contributed by atoms with van der Waals surface area (Å²) in [6, 6.07) is 2.00. The third kappa shape index (κ3) is 4.81. The van der Waals surface area contributed by atoms with Crippen LogP contribution in [0.3, 0.4) is 0 Å². The Labute approximate surface area is 127 Å². The number of nitriles is 1. The highest BCUT2D eigenvalue weighted by molar-refractivity contribution is 6.74. The van der Waals surface area contributed by atoms with E-state index >= 15 is 0 Å². The van der Waals surface area contributed by atoms with Gasteiger partial charge in [0.2, 0.25) is 0 Å². The number of carboxylic acid groups (broad SMARTS) is 1. The summed E-state index contributed by atoms with van der Waals surface area (Å²) < 4.78 is 11.8. The van der Waals surface area contributed by atoms with Crippen LogP contribution < -0.4 is 0 Å². The lowest BCUT2D eigenvalue weighted by atomic mass is 10.1. The van der Waals surface area contributed by atoms with Gasteiger partial charge in [0.25, 0.3) is 0 Å². The summed E-state index contributed by atoms with van der Waals surface area (Å²) in [6.07, 6.45) is 4.31. The molecular weight excluding hydrogens is 286 g/mol. The normalized spacial score (nSPS) is 26.8. The molecule has 1 aliphatic heterocycles. The SMILES string of the molecule is CC(C)(C)[Si](C)(C)O[C@@H]1C=C[C@@H](C#N)O[C@@H]1/C=C\C(=O)O. The minimum Gasteiger partial charge on any atom is -0.478 e. The van der Waals surface area contributed by atoms with Crippen molar-refractivity contribution in [3.8, 4) is 6.07 Å². The molecule has 1 heterocycles. The van der Waals surface area contributed by atoms with Gasteiger partial charge in [0.15, 0.2) is 14.4 Å². The second-order valence-electron chi connectivity index (χ2n) is 6.58. The van der Waals surface area contributed by atoms with Crippen LogP contribution in [0.4, 0.5) is 0 Å². The maximum absolute atomic E-state index is 10.7. The predicted molar refractivity (Wildman–Crippen MR) is 82.3 cm³/mol. The zero-order chi connectivity index (χ0) is 16.3. The molecule has 1 rings (SSSR count). The van der Waals surface area contributed by atoms with Crippen molar-refractivity contribution in [2.75, 3.05) is 0 Å². The Bertz CT molecular complexity index is 485. The first-order chi connectivity index (χ1) is 9.56. The molecule has 0 aromatic rings. The summed E-state index contributed by atoms with van der Waals surface area (Å²) in [5.41, 5.74) is 0. The molecule has 0 aromatic carbocycles. The zero-order valence-electron chi connectivity index (χ0n) is 13.2. The summed E-state index contributed by atoms with van der Waals surface area (Å²) >= 11 is 0. The Hall–Kier alpha value is -1.42. The zero-order valence-corrected chi connectivity index (χ0v) is 14.2. The van der Waals surface area contributed by atoms with E-state index < -0.39 is 26.5 Å². The molecule has 0 spiro atoms. The van der Waals surface area contributed by atoms with E-state index in [1.807, 2.05) is 6.07 Å². The van der Waals surface area contributed by atoms with Crippen molar-refractivity contribution in [1.82, 2.24) is 0 Å². The van der Waals surface area contributed by atoms with Gasteiger partial charge in [-0.2, -0.15) is 5.26 Å². The molecule has 0 fully saturated rings. The number of nitrogens with zero attached hydrogens (tertiary/aromatic N) is 1. The highest BCUT2D eigenvalue weighted by Gasteiger charge is 2.41. The van der Waals surface area contributed by atoms with Crippen LogP contribution in [-0.4, -0.2) is 37.7 Å². The van der Waals surface area contributed by atoms with Crippen LogP contribution in [-0.2, 0) is 14.0 Å². The molecule has 0 bridgehead atoms. The number of carboxylic acids is 1. The molecule has 0 aromatic heterocycles. The number of hydrogen-bond acceptors (Lipinski definition) is 4. The van der Waals surface area contributed by atoms with Gasteiger partial charge < -0.3 is 14.3 Å². The number of rotatable bonds is 4. The first-order valence-corrected chi connectivity index (χ1v) is 9.80. The minimum absolute atomic E-state index is 0.0357. The molecule has 1 N–H and O–H groups in total. The molecule has 0 saturated carbocycles. The van der Waals surface area contributed by atoms with Crippen molar-refractivity contribution in [1.29, 1.82) is 5.26 Å². The number of aliphatic carboxylic acids is 1. The fourth-order valence-corrected chi connectivity index (χ4v) is 2.89. The van der Waals surface area contributed by atoms with Crippen LogP contribution in [0, 0.1) is 11.3 Å². The van der Waals surface area contributed by atoms with E-state index in [-0.39, 0.29) is 11.1 Å². The summed E-state index contributed by atoms with van der Waals surface area (Å²) in [5, 5.41) is 17.7. The van der Waals surface area contributed by atoms with E-state index in [1.54, 1.807) is 12.2 Å². The van der Waals surface area contributed by atoms with E-state index in [1.165, 1.54) is 6.08 Å². The second kappa shape index (κ2) is 6.56. The van der Waals surface area contributed by atoms with Gasteiger partial charge in [0, 0.05) is 6.08 Å². The summed E-state index contributed by atoms with van der Waals surface area (Å²) in [7, 11) is -2.02. The van der Waals surface area contributed by atoms with Gasteiger partial charge in [-0.05, 0) is 30.3 Å². The molecule has 0 radical (unpaired) electrons. The lowest BCUT2D eigenvalue weighted by Crippen LogP contribution is -2.48. The first-order valence-electron chi connectivity index (χ1n) is 6.89. The van der Waals surface area contributed by atoms with Crippen LogP contribution >= 0.6 is 0 Å². The van der Waals surface area contributed by atoms with E-state index in [2.05, 4.69) is 33.9 Å². The Morgan fingerprint density at radius 1 is 1.43 bits per heavy atom. The molecule has 21 heavy (non-hydrogen) atoms. The fourth-order valence-electron chi connectivity index (χ4n) is 1.64. The van der Waals surface area contributed by atoms with Crippen molar-refractivity contribution in [3.05, 3.63) is 24.3 Å². The quantitative estimate of drug-likeness (QED) is 0.491. The van der Waals surface area contributed by atoms with Gasteiger partial charge in [0.05, 0.1) is 12.2 Å². The van der Waals surface area contributed by atoms with Gasteiger partial charge in [0.1, 0.15) is 6.10 Å². The van der Waals surface area contributed by atoms with E-state index in [4.69, 9.17) is 19.5 Å². The van der Waals surface area contributed by atoms with Gasteiger partial charge in [-0.1, -0.05) is 26.8 Å². The Morgan fingerprint density at radius 2 is 2.05 bits per heavy atom. The third-order valence-electron chi connectivity index (χ3n) is 3.90. The topological polar surface area (TPSA) is 79.5 Å². The van der Waals surface area contributed by atoms with Gasteiger partial charge in [-0.15, -0.1) is 0 Å². The molecule has 3 atom stereocenters. The van der Waals surface area contributed by atoms with Crippen molar-refractivity contribution in [2.45, 2.75) is 57.2 Å². The van der Waals surface area contributed by atoms with Gasteiger partial charge >= 0.3 is 5.97 Å². The second-order valence-corrected chi connectivity index (χ2v) is 11.3. The standard InChI is InChI=1S/C15H23NO4Si/c1-15(2,3)21(4,5)20-13-7-6-11(10-16)19-12(13)8-9-14(17)18/h6-9,11-13H,1-5H3,(H,17,18)/b9-8-/t11-,12+,13+/m0/s1. The Morgan fingerprint density at radius 3 is 2.52 bits per heavy atom. The molecule has 1 aliphatic rings. The monoisotopic (exact) mass is 309 g/mol. The third-order valence-corrected chi connectivity index (χ3v) is 8.37. The Balaban J connectivity index is 2.96. The summed E-state index contributed by atoms with van der Waals surface area (Å²) in [5.74, 6) is -1.05. The number of hydrogen-bond donors (Lipinski definition) is 1. The summed E-state index contributed by atoms with van der Waals surface area (Å²) in [4.78, 5) is 10.7. The van der Waals surface area contributed by atoms with Crippen LogP contribution in [0.25, 0.3) is 0 Å². The molecule has 6 heteroatoms.